The van der Waals surface area contributed by atoms with E-state index in [1.807, 2.05) is 61.5 Å². The maximum absolute atomic E-state index is 13.2. The van der Waals surface area contributed by atoms with Crippen molar-refractivity contribution in [1.82, 2.24) is 14.3 Å². The molecule has 0 fully saturated rings. The van der Waals surface area contributed by atoms with Crippen molar-refractivity contribution in [2.75, 3.05) is 11.6 Å². The maximum atomic E-state index is 13.2. The van der Waals surface area contributed by atoms with E-state index in [-0.39, 0.29) is 25.0 Å². The molecule has 3 aromatic carbocycles. The summed E-state index contributed by atoms with van der Waals surface area (Å²) in [6.45, 7) is 2.43. The fourth-order valence-corrected chi connectivity index (χ4v) is 4.46. The van der Waals surface area contributed by atoms with Crippen LogP contribution in [-0.4, -0.2) is 32.5 Å². The fourth-order valence-electron chi connectivity index (χ4n) is 4.34. The summed E-state index contributed by atoms with van der Waals surface area (Å²) in [5.74, 6) is -0.408. The number of halogens is 1. The molecule has 2 heterocycles. The molecule has 0 saturated carbocycles. The third kappa shape index (κ3) is 4.81. The number of hydrogen-bond acceptors (Lipinski definition) is 5. The Morgan fingerprint density at radius 1 is 1.03 bits per heavy atom. The van der Waals surface area contributed by atoms with E-state index in [1.54, 1.807) is 17.1 Å². The van der Waals surface area contributed by atoms with Crippen LogP contribution in [0.15, 0.2) is 88.8 Å². The Morgan fingerprint density at radius 2 is 1.72 bits per heavy atom. The van der Waals surface area contributed by atoms with Crippen LogP contribution < -0.4 is 16.4 Å². The van der Waals surface area contributed by atoms with Gasteiger partial charge in [0, 0.05) is 10.9 Å². The van der Waals surface area contributed by atoms with Crippen molar-refractivity contribution in [2.24, 2.45) is 10.8 Å². The predicted molar refractivity (Wildman–Crippen MR) is 140 cm³/mol. The third-order valence-electron chi connectivity index (χ3n) is 6.16. The molecule has 2 N–H and O–H groups in total. The molecule has 1 aliphatic rings. The number of carbonyl (C=O) groups is 1. The second kappa shape index (κ2) is 9.83. The number of aromatic nitrogens is 3. The van der Waals surface area contributed by atoms with Crippen molar-refractivity contribution < 1.29 is 4.79 Å². The smallest absolute Gasteiger partial charge is 0.348 e. The summed E-state index contributed by atoms with van der Waals surface area (Å²) in [6, 6.07) is 25.4. The second-order valence-electron chi connectivity index (χ2n) is 8.82. The largest absolute Gasteiger partial charge is 0.368 e. The van der Waals surface area contributed by atoms with Crippen LogP contribution >= 0.6 is 11.6 Å². The number of nitrogens with two attached hydrogens (primary N) is 1. The molecule has 0 saturated heterocycles. The summed E-state index contributed by atoms with van der Waals surface area (Å²) >= 11 is 5.99. The molecule has 8 nitrogen and oxygen atoms in total. The van der Waals surface area contributed by atoms with Gasteiger partial charge in [0.05, 0.1) is 18.8 Å². The first kappa shape index (κ1) is 23.6. The number of rotatable bonds is 7. The lowest BCUT2D eigenvalue weighted by Gasteiger charge is -2.16. The van der Waals surface area contributed by atoms with E-state index in [1.165, 1.54) is 9.25 Å². The Labute approximate surface area is 213 Å². The third-order valence-corrected chi connectivity index (χ3v) is 6.41. The highest BCUT2D eigenvalue weighted by atomic mass is 35.5. The van der Waals surface area contributed by atoms with Crippen LogP contribution in [0.2, 0.25) is 5.02 Å². The summed E-state index contributed by atoms with van der Waals surface area (Å²) < 4.78 is 2.60. The number of primary amides is 1. The lowest BCUT2D eigenvalue weighted by Crippen LogP contribution is -2.32. The number of aryl methyl sites for hydroxylation is 1. The number of nitrogens with zero attached hydrogens (tertiary/aromatic N) is 5. The molecular weight excluding hydrogens is 476 g/mol. The average Bonchev–Trinajstić information content (AvgIpc) is 3.44. The molecule has 1 atom stereocenters. The lowest BCUT2D eigenvalue weighted by atomic mass is 9.90. The summed E-state index contributed by atoms with van der Waals surface area (Å²) in [7, 11) is 0. The lowest BCUT2D eigenvalue weighted by molar-refractivity contribution is -0.118. The molecule has 182 valence electrons. The Balaban J connectivity index is 1.57. The van der Waals surface area contributed by atoms with Gasteiger partial charge in [-0.1, -0.05) is 83.9 Å². The predicted octanol–water partition coefficient (Wildman–Crippen LogP) is 3.55. The highest BCUT2D eigenvalue weighted by Crippen LogP contribution is 2.31. The van der Waals surface area contributed by atoms with Crippen LogP contribution in [0.25, 0.3) is 0 Å². The maximum Gasteiger partial charge on any atom is 0.348 e. The molecule has 1 amide bonds. The first-order chi connectivity index (χ1) is 17.4. The van der Waals surface area contributed by atoms with E-state index in [9.17, 15) is 9.59 Å². The Kier molecular flexibility index (Phi) is 6.43. The summed E-state index contributed by atoms with van der Waals surface area (Å²) in [5, 5.41) is 11.8. The molecule has 9 heteroatoms. The zero-order valence-electron chi connectivity index (χ0n) is 19.7. The monoisotopic (exact) mass is 500 g/mol. The second-order valence-corrected chi connectivity index (χ2v) is 9.25. The summed E-state index contributed by atoms with van der Waals surface area (Å²) in [6.07, 6.45) is 0. The number of hydrazone groups is 1. The van der Waals surface area contributed by atoms with Gasteiger partial charge in [-0.2, -0.15) is 5.10 Å². The Hall–Kier alpha value is -4.17. The van der Waals surface area contributed by atoms with Gasteiger partial charge in [0.15, 0.2) is 0 Å². The van der Waals surface area contributed by atoms with Gasteiger partial charge < -0.3 is 5.73 Å². The van der Waals surface area contributed by atoms with Gasteiger partial charge >= 0.3 is 5.69 Å². The molecule has 0 radical (unpaired) electrons. The number of benzene rings is 3. The van der Waals surface area contributed by atoms with Crippen LogP contribution in [0.3, 0.4) is 0 Å². The van der Waals surface area contributed by atoms with Gasteiger partial charge in [-0.25, -0.2) is 14.5 Å². The van der Waals surface area contributed by atoms with Crippen LogP contribution in [-0.2, 0) is 17.9 Å². The van der Waals surface area contributed by atoms with E-state index < -0.39 is 11.6 Å². The number of amides is 1. The zero-order chi connectivity index (χ0) is 25.2. The van der Waals surface area contributed by atoms with Gasteiger partial charge in [0.25, 0.3) is 0 Å². The van der Waals surface area contributed by atoms with Crippen molar-refractivity contribution in [3.63, 3.8) is 0 Å². The van der Waals surface area contributed by atoms with Crippen molar-refractivity contribution in [3.05, 3.63) is 117 Å². The zero-order valence-corrected chi connectivity index (χ0v) is 20.5. The van der Waals surface area contributed by atoms with E-state index in [4.69, 9.17) is 22.4 Å². The Morgan fingerprint density at radius 3 is 2.39 bits per heavy atom. The quantitative estimate of drug-likeness (QED) is 0.419. The molecule has 5 rings (SSSR count). The molecule has 0 spiro atoms. The van der Waals surface area contributed by atoms with Crippen LogP contribution in [0.5, 0.6) is 0 Å². The molecular formula is C27H25ClN6O2. The topological polar surface area (TPSA) is 98.5 Å². The first-order valence-electron chi connectivity index (χ1n) is 11.6. The fraction of sp³-hybridized carbons (Fsp3) is 0.185. The summed E-state index contributed by atoms with van der Waals surface area (Å²) in [4.78, 5) is 25.1. The van der Waals surface area contributed by atoms with E-state index in [0.29, 0.717) is 11.6 Å². The van der Waals surface area contributed by atoms with Crippen molar-refractivity contribution in [2.45, 2.75) is 25.9 Å². The minimum absolute atomic E-state index is 0.0487. The van der Waals surface area contributed by atoms with Gasteiger partial charge in [-0.3, -0.25) is 9.36 Å². The minimum Gasteiger partial charge on any atom is -0.368 e. The van der Waals surface area contributed by atoms with Gasteiger partial charge in [-0.05, 0) is 35.7 Å². The number of anilines is 1. The SMILES string of the molecule is Cc1ccc(C2=NN(c3nn(Cc4ccc(Cl)cc4)c(=O)n3CC(N)=O)C[C@H]2c2ccccc2)cc1. The van der Waals surface area contributed by atoms with E-state index in [0.717, 1.165) is 28.0 Å². The van der Waals surface area contributed by atoms with Crippen molar-refractivity contribution >= 4 is 29.2 Å². The van der Waals surface area contributed by atoms with E-state index >= 15 is 0 Å². The molecule has 4 aromatic rings. The average molecular weight is 501 g/mol. The molecule has 0 bridgehead atoms. The van der Waals surface area contributed by atoms with Gasteiger partial charge in [0.1, 0.15) is 6.54 Å². The molecule has 0 unspecified atom stereocenters. The molecule has 1 aliphatic heterocycles. The highest BCUT2D eigenvalue weighted by Gasteiger charge is 2.33. The molecule has 36 heavy (non-hydrogen) atoms. The van der Waals surface area contributed by atoms with E-state index in [2.05, 4.69) is 17.2 Å². The number of carbonyl (C=O) groups excluding carboxylic acids is 1. The van der Waals surface area contributed by atoms with Gasteiger partial charge in [0.2, 0.25) is 11.9 Å². The summed E-state index contributed by atoms with van der Waals surface area (Å²) in [5.41, 5.74) is 10.0. The van der Waals surface area contributed by atoms with Crippen molar-refractivity contribution in [3.8, 4) is 0 Å². The van der Waals surface area contributed by atoms with Gasteiger partial charge in [-0.15, -0.1) is 5.10 Å². The number of hydrogen-bond donors (Lipinski definition) is 1. The molecule has 1 aromatic heterocycles. The van der Waals surface area contributed by atoms with Crippen LogP contribution in [0, 0.1) is 6.92 Å². The van der Waals surface area contributed by atoms with Crippen LogP contribution in [0.1, 0.15) is 28.2 Å². The highest BCUT2D eigenvalue weighted by molar-refractivity contribution is 6.30. The van der Waals surface area contributed by atoms with Crippen molar-refractivity contribution in [1.29, 1.82) is 0 Å². The van der Waals surface area contributed by atoms with Crippen LogP contribution in [0.4, 0.5) is 5.95 Å². The molecule has 0 aliphatic carbocycles. The normalized spacial score (nSPS) is 15.2. The standard InChI is InChI=1S/C27H25ClN6O2/c1-18-7-11-21(12-8-18)25-23(20-5-3-2-4-6-20)16-33(30-25)26-31-34(27(36)32(26)17-24(29)35)15-19-9-13-22(28)14-10-19/h2-14,23H,15-17H2,1H3,(H2,29,35)/t23-/m0/s1. The minimum atomic E-state index is -0.633. The Bertz CT molecular complexity index is 1470. The first-order valence-corrected chi connectivity index (χ1v) is 12.0.